The van der Waals surface area contributed by atoms with Gasteiger partial charge in [-0.05, 0) is 36.2 Å². The number of carboxylic acid groups (broad SMARTS) is 1. The van der Waals surface area contributed by atoms with E-state index in [1.165, 1.54) is 0 Å². The molecule has 0 amide bonds. The number of aliphatic carboxylic acids is 1. The van der Waals surface area contributed by atoms with Crippen LogP contribution in [0.25, 0.3) is 11.0 Å². The van der Waals surface area contributed by atoms with E-state index in [1.807, 2.05) is 31.2 Å². The maximum absolute atomic E-state index is 10.6. The number of nitrogens with one attached hydrogen (secondary N) is 2. The zero-order valence-corrected chi connectivity index (χ0v) is 11.5. The largest absolute Gasteiger partial charge is 0.550 e. The standard InChI is InChI=1S/C16H15N3O2/c1-10-4-2-3-5-12(10)17-16-18-13-7-6-11(9-15(20)21)8-14(13)19-16/h2-8H,9H2,1H3,(H,20,21)(H2,17,18,19)/p-1. The van der Waals surface area contributed by atoms with Gasteiger partial charge in [0.05, 0.1) is 11.0 Å². The van der Waals surface area contributed by atoms with Gasteiger partial charge in [0.1, 0.15) is 0 Å². The Morgan fingerprint density at radius 3 is 2.86 bits per heavy atom. The molecule has 0 unspecified atom stereocenters. The first-order valence-electron chi connectivity index (χ1n) is 6.63. The third kappa shape index (κ3) is 2.86. The van der Waals surface area contributed by atoms with Crippen molar-refractivity contribution in [3.63, 3.8) is 0 Å². The fraction of sp³-hybridized carbons (Fsp3) is 0.125. The number of rotatable bonds is 4. The van der Waals surface area contributed by atoms with Crippen molar-refractivity contribution in [2.75, 3.05) is 5.32 Å². The van der Waals surface area contributed by atoms with Gasteiger partial charge < -0.3 is 20.2 Å². The molecule has 1 heterocycles. The topological polar surface area (TPSA) is 80.8 Å². The van der Waals surface area contributed by atoms with Gasteiger partial charge >= 0.3 is 0 Å². The number of aromatic nitrogens is 2. The van der Waals surface area contributed by atoms with Crippen molar-refractivity contribution < 1.29 is 9.90 Å². The minimum Gasteiger partial charge on any atom is -0.550 e. The van der Waals surface area contributed by atoms with E-state index in [0.717, 1.165) is 22.3 Å². The summed E-state index contributed by atoms with van der Waals surface area (Å²) in [5, 5.41) is 13.9. The molecule has 0 aliphatic rings. The molecule has 0 spiro atoms. The van der Waals surface area contributed by atoms with Gasteiger partial charge in [0.2, 0.25) is 5.95 Å². The van der Waals surface area contributed by atoms with E-state index in [0.29, 0.717) is 11.5 Å². The highest BCUT2D eigenvalue weighted by molar-refractivity contribution is 5.80. The Balaban J connectivity index is 1.90. The normalized spacial score (nSPS) is 10.7. The molecule has 0 bridgehead atoms. The van der Waals surface area contributed by atoms with E-state index in [-0.39, 0.29) is 6.42 Å². The van der Waals surface area contributed by atoms with Crippen LogP contribution in [0, 0.1) is 6.92 Å². The van der Waals surface area contributed by atoms with Crippen LogP contribution in [-0.2, 0) is 11.2 Å². The van der Waals surface area contributed by atoms with E-state index in [1.54, 1.807) is 18.2 Å². The SMILES string of the molecule is Cc1ccccc1Nc1nc2ccc(CC(=O)[O-])cc2[nH]1. The average Bonchev–Trinajstić information content (AvgIpc) is 2.82. The summed E-state index contributed by atoms with van der Waals surface area (Å²) < 4.78 is 0. The van der Waals surface area contributed by atoms with Crippen LogP contribution in [0.2, 0.25) is 0 Å². The number of imidazole rings is 1. The van der Waals surface area contributed by atoms with Crippen LogP contribution in [0.1, 0.15) is 11.1 Å². The molecule has 0 aliphatic heterocycles. The monoisotopic (exact) mass is 280 g/mol. The molecule has 106 valence electrons. The first-order valence-corrected chi connectivity index (χ1v) is 6.63. The molecule has 2 N–H and O–H groups in total. The van der Waals surface area contributed by atoms with Crippen molar-refractivity contribution >= 4 is 28.6 Å². The molecule has 0 fully saturated rings. The summed E-state index contributed by atoms with van der Waals surface area (Å²) in [6.45, 7) is 2.02. The number of benzene rings is 2. The first-order chi connectivity index (χ1) is 10.1. The Hall–Kier alpha value is -2.82. The number of para-hydroxylation sites is 1. The van der Waals surface area contributed by atoms with Gasteiger partial charge in [-0.2, -0.15) is 0 Å². The zero-order chi connectivity index (χ0) is 14.8. The van der Waals surface area contributed by atoms with Gasteiger partial charge in [-0.25, -0.2) is 4.98 Å². The fourth-order valence-electron chi connectivity index (χ4n) is 2.23. The molecule has 3 aromatic rings. The number of carbonyl (C=O) groups is 1. The minimum absolute atomic E-state index is 0.102. The molecule has 3 rings (SSSR count). The quantitative estimate of drug-likeness (QED) is 0.765. The number of anilines is 2. The smallest absolute Gasteiger partial charge is 0.205 e. The molecule has 5 nitrogen and oxygen atoms in total. The third-order valence-electron chi connectivity index (χ3n) is 3.29. The van der Waals surface area contributed by atoms with Gasteiger partial charge in [-0.15, -0.1) is 0 Å². The van der Waals surface area contributed by atoms with Crippen molar-refractivity contribution in [3.05, 3.63) is 53.6 Å². The number of hydrogen-bond donors (Lipinski definition) is 2. The average molecular weight is 280 g/mol. The lowest BCUT2D eigenvalue weighted by molar-refractivity contribution is -0.304. The second-order valence-electron chi connectivity index (χ2n) is 4.93. The third-order valence-corrected chi connectivity index (χ3v) is 3.29. The predicted octanol–water partition coefficient (Wildman–Crippen LogP) is 1.91. The molecular weight excluding hydrogens is 266 g/mol. The second kappa shape index (κ2) is 5.28. The summed E-state index contributed by atoms with van der Waals surface area (Å²) in [5.41, 5.74) is 4.37. The number of hydrogen-bond acceptors (Lipinski definition) is 4. The molecule has 0 aliphatic carbocycles. The van der Waals surface area contributed by atoms with E-state index in [2.05, 4.69) is 15.3 Å². The molecule has 0 atom stereocenters. The summed E-state index contributed by atoms with van der Waals surface area (Å²) in [4.78, 5) is 18.2. The Labute approximate surface area is 121 Å². The number of carboxylic acids is 1. The molecule has 21 heavy (non-hydrogen) atoms. The van der Waals surface area contributed by atoms with Crippen molar-refractivity contribution in [2.45, 2.75) is 13.3 Å². The van der Waals surface area contributed by atoms with E-state index < -0.39 is 5.97 Å². The van der Waals surface area contributed by atoms with Gasteiger partial charge in [0.25, 0.3) is 0 Å². The van der Waals surface area contributed by atoms with Crippen LogP contribution in [0.15, 0.2) is 42.5 Å². The van der Waals surface area contributed by atoms with Crippen LogP contribution in [0.5, 0.6) is 0 Å². The number of aromatic amines is 1. The summed E-state index contributed by atoms with van der Waals surface area (Å²) >= 11 is 0. The lowest BCUT2D eigenvalue weighted by Crippen LogP contribution is -2.24. The highest BCUT2D eigenvalue weighted by Crippen LogP contribution is 2.21. The predicted molar refractivity (Wildman–Crippen MR) is 79.3 cm³/mol. The van der Waals surface area contributed by atoms with Gasteiger partial charge in [-0.1, -0.05) is 24.3 Å². The van der Waals surface area contributed by atoms with E-state index >= 15 is 0 Å². The number of fused-ring (bicyclic) bond motifs is 1. The number of carbonyl (C=O) groups excluding carboxylic acids is 1. The molecular formula is C16H14N3O2-. The molecule has 0 radical (unpaired) electrons. The van der Waals surface area contributed by atoms with Crippen LogP contribution < -0.4 is 10.4 Å². The Bertz CT molecular complexity index is 808. The van der Waals surface area contributed by atoms with E-state index in [9.17, 15) is 9.90 Å². The maximum Gasteiger partial charge on any atom is 0.205 e. The number of nitrogens with zero attached hydrogens (tertiary/aromatic N) is 1. The van der Waals surface area contributed by atoms with Crippen molar-refractivity contribution in [1.82, 2.24) is 9.97 Å². The van der Waals surface area contributed by atoms with Crippen LogP contribution >= 0.6 is 0 Å². The molecule has 1 aromatic heterocycles. The lowest BCUT2D eigenvalue weighted by Gasteiger charge is -2.05. The number of H-pyrrole nitrogens is 1. The van der Waals surface area contributed by atoms with Crippen molar-refractivity contribution in [1.29, 1.82) is 0 Å². The summed E-state index contributed by atoms with van der Waals surface area (Å²) in [5.74, 6) is -0.461. The fourth-order valence-corrected chi connectivity index (χ4v) is 2.23. The van der Waals surface area contributed by atoms with Gasteiger partial charge in [-0.3, -0.25) is 0 Å². The second-order valence-corrected chi connectivity index (χ2v) is 4.93. The Kier molecular flexibility index (Phi) is 3.31. The Morgan fingerprint density at radius 1 is 1.29 bits per heavy atom. The van der Waals surface area contributed by atoms with Crippen molar-refractivity contribution in [2.24, 2.45) is 0 Å². The zero-order valence-electron chi connectivity index (χ0n) is 11.5. The van der Waals surface area contributed by atoms with Crippen LogP contribution in [0.4, 0.5) is 11.6 Å². The maximum atomic E-state index is 10.6. The van der Waals surface area contributed by atoms with Gasteiger partial charge in [0, 0.05) is 18.1 Å². The van der Waals surface area contributed by atoms with Crippen LogP contribution in [-0.4, -0.2) is 15.9 Å². The molecule has 5 heteroatoms. The Morgan fingerprint density at radius 2 is 2.10 bits per heavy atom. The number of aryl methyl sites for hydroxylation is 1. The summed E-state index contributed by atoms with van der Waals surface area (Å²) in [6, 6.07) is 13.2. The first kappa shape index (κ1) is 13.2. The highest BCUT2D eigenvalue weighted by Gasteiger charge is 2.05. The van der Waals surface area contributed by atoms with Crippen molar-refractivity contribution in [3.8, 4) is 0 Å². The lowest BCUT2D eigenvalue weighted by atomic mass is 10.1. The van der Waals surface area contributed by atoms with Crippen LogP contribution in [0.3, 0.4) is 0 Å². The summed E-state index contributed by atoms with van der Waals surface area (Å²) in [6.07, 6.45) is -0.102. The summed E-state index contributed by atoms with van der Waals surface area (Å²) in [7, 11) is 0. The molecule has 0 saturated heterocycles. The molecule has 0 saturated carbocycles. The minimum atomic E-state index is -1.09. The van der Waals surface area contributed by atoms with E-state index in [4.69, 9.17) is 0 Å². The highest BCUT2D eigenvalue weighted by atomic mass is 16.4. The van der Waals surface area contributed by atoms with Gasteiger partial charge in [0.15, 0.2) is 0 Å². The molecule has 2 aromatic carbocycles.